The Bertz CT molecular complexity index is 857. The number of hydrogen-bond acceptors (Lipinski definition) is 3. The molecule has 3 heterocycles. The average molecular weight is 344 g/mol. The lowest BCUT2D eigenvalue weighted by molar-refractivity contribution is -0.116. The Hall–Kier alpha value is -2.11. The maximum atomic E-state index is 12.2. The van der Waals surface area contributed by atoms with Gasteiger partial charge < -0.3 is 5.32 Å². The summed E-state index contributed by atoms with van der Waals surface area (Å²) >= 11 is 7.79. The lowest BCUT2D eigenvalue weighted by Gasteiger charge is -2.23. The number of thiophene rings is 1. The van der Waals surface area contributed by atoms with E-state index in [9.17, 15) is 4.79 Å². The van der Waals surface area contributed by atoms with Gasteiger partial charge in [-0.3, -0.25) is 4.79 Å². The van der Waals surface area contributed by atoms with Gasteiger partial charge in [-0.15, -0.1) is 11.3 Å². The summed E-state index contributed by atoms with van der Waals surface area (Å²) in [5.74, 6) is 0.796. The highest BCUT2D eigenvalue weighted by molar-refractivity contribution is 7.09. The predicted molar refractivity (Wildman–Crippen MR) is 92.2 cm³/mol. The number of nitrogens with one attached hydrogen (secondary N) is 1. The number of aromatic nitrogens is 2. The Kier molecular flexibility index (Phi) is 3.67. The van der Waals surface area contributed by atoms with Crippen LogP contribution in [0.15, 0.2) is 48.0 Å². The van der Waals surface area contributed by atoms with Gasteiger partial charge in [0.1, 0.15) is 5.82 Å². The Morgan fingerprint density at radius 3 is 3.04 bits per heavy atom. The second kappa shape index (κ2) is 5.83. The van der Waals surface area contributed by atoms with Crippen molar-refractivity contribution in [2.75, 3.05) is 5.32 Å². The van der Waals surface area contributed by atoms with Gasteiger partial charge in [-0.25, -0.2) is 4.68 Å². The summed E-state index contributed by atoms with van der Waals surface area (Å²) in [4.78, 5) is 13.4. The normalized spacial score (nSPS) is 16.9. The fourth-order valence-corrected chi connectivity index (χ4v) is 3.85. The summed E-state index contributed by atoms with van der Waals surface area (Å²) < 4.78 is 1.86. The highest BCUT2D eigenvalue weighted by Gasteiger charge is 2.30. The number of carbonyl (C=O) groups excluding carboxylic acids is 1. The van der Waals surface area contributed by atoms with E-state index in [4.69, 9.17) is 11.6 Å². The van der Waals surface area contributed by atoms with E-state index in [0.717, 1.165) is 16.9 Å². The lowest BCUT2D eigenvalue weighted by Crippen LogP contribution is -2.25. The van der Waals surface area contributed by atoms with Gasteiger partial charge >= 0.3 is 0 Å². The molecule has 6 heteroatoms. The number of fused-ring (bicyclic) bond motifs is 1. The molecule has 2 aromatic heterocycles. The molecule has 1 amide bonds. The monoisotopic (exact) mass is 343 g/mol. The largest absolute Gasteiger partial charge is 0.311 e. The third-order valence-corrected chi connectivity index (χ3v) is 5.12. The van der Waals surface area contributed by atoms with Gasteiger partial charge in [0.15, 0.2) is 0 Å². The van der Waals surface area contributed by atoms with E-state index in [1.165, 1.54) is 4.88 Å². The SMILES string of the molecule is O=C1C[C@@H](c2cccc(Cl)c2)c2cnn(Cc3cccs3)c2N1. The molecule has 4 rings (SSSR count). The average Bonchev–Trinajstić information content (AvgIpc) is 3.18. The summed E-state index contributed by atoms with van der Waals surface area (Å²) in [6.07, 6.45) is 2.27. The molecule has 1 atom stereocenters. The van der Waals surface area contributed by atoms with Crippen molar-refractivity contribution in [2.45, 2.75) is 18.9 Å². The summed E-state index contributed by atoms with van der Waals surface area (Å²) in [7, 11) is 0. The highest BCUT2D eigenvalue weighted by Crippen LogP contribution is 2.37. The molecule has 0 saturated carbocycles. The van der Waals surface area contributed by atoms with Crippen molar-refractivity contribution in [2.24, 2.45) is 0 Å². The summed E-state index contributed by atoms with van der Waals surface area (Å²) in [5, 5.41) is 10.2. The molecule has 0 unspecified atom stereocenters. The first kappa shape index (κ1) is 14.5. The molecular weight excluding hydrogens is 330 g/mol. The van der Waals surface area contributed by atoms with Crippen LogP contribution in [0.4, 0.5) is 5.82 Å². The van der Waals surface area contributed by atoms with Crippen LogP contribution < -0.4 is 5.32 Å². The minimum atomic E-state index is -0.00506. The van der Waals surface area contributed by atoms with Crippen molar-refractivity contribution in [3.8, 4) is 0 Å². The molecule has 1 N–H and O–H groups in total. The predicted octanol–water partition coefficient (Wildman–Crippen LogP) is 4.12. The maximum Gasteiger partial charge on any atom is 0.226 e. The van der Waals surface area contributed by atoms with Crippen LogP contribution in [0.1, 0.15) is 28.3 Å². The number of rotatable bonds is 3. The standard InChI is InChI=1S/C17H14ClN3OS/c18-12-4-1-3-11(7-12)14-8-16(22)20-17-15(14)9-19-21(17)10-13-5-2-6-23-13/h1-7,9,14H,8,10H2,(H,20,22)/t14-/m0/s1. The topological polar surface area (TPSA) is 46.9 Å². The fourth-order valence-electron chi connectivity index (χ4n) is 2.96. The zero-order chi connectivity index (χ0) is 15.8. The van der Waals surface area contributed by atoms with E-state index in [1.807, 2.05) is 46.6 Å². The number of nitrogens with zero attached hydrogens (tertiary/aromatic N) is 2. The first-order chi connectivity index (χ1) is 11.2. The minimum Gasteiger partial charge on any atom is -0.311 e. The van der Waals surface area contributed by atoms with E-state index in [0.29, 0.717) is 18.0 Å². The van der Waals surface area contributed by atoms with Crippen molar-refractivity contribution in [1.82, 2.24) is 9.78 Å². The van der Waals surface area contributed by atoms with Crippen molar-refractivity contribution in [3.05, 3.63) is 69.0 Å². The fraction of sp³-hybridized carbons (Fsp3) is 0.176. The maximum absolute atomic E-state index is 12.2. The molecule has 1 aromatic carbocycles. The van der Waals surface area contributed by atoms with Crippen molar-refractivity contribution < 1.29 is 4.79 Å². The van der Waals surface area contributed by atoms with Crippen molar-refractivity contribution >= 4 is 34.7 Å². The molecule has 0 fully saturated rings. The lowest BCUT2D eigenvalue weighted by atomic mass is 9.87. The van der Waals surface area contributed by atoms with Crippen LogP contribution >= 0.6 is 22.9 Å². The third kappa shape index (κ3) is 2.78. The number of halogens is 1. The van der Waals surface area contributed by atoms with Gasteiger partial charge in [0.25, 0.3) is 0 Å². The van der Waals surface area contributed by atoms with Crippen LogP contribution in [0.5, 0.6) is 0 Å². The van der Waals surface area contributed by atoms with E-state index in [2.05, 4.69) is 16.5 Å². The molecule has 1 aliphatic heterocycles. The van der Waals surface area contributed by atoms with Crippen LogP contribution in [0.25, 0.3) is 0 Å². The van der Waals surface area contributed by atoms with Crippen LogP contribution in [0.2, 0.25) is 5.02 Å². The van der Waals surface area contributed by atoms with Gasteiger partial charge in [-0.05, 0) is 29.1 Å². The van der Waals surface area contributed by atoms with Crippen LogP contribution in [-0.4, -0.2) is 15.7 Å². The van der Waals surface area contributed by atoms with Crippen LogP contribution in [0.3, 0.4) is 0 Å². The summed E-state index contributed by atoms with van der Waals surface area (Å²) in [6.45, 7) is 0.662. The number of anilines is 1. The Balaban J connectivity index is 1.73. The molecule has 0 saturated heterocycles. The molecule has 1 aliphatic rings. The minimum absolute atomic E-state index is 0.00506. The number of benzene rings is 1. The van der Waals surface area contributed by atoms with Gasteiger partial charge in [0.05, 0.1) is 12.7 Å². The van der Waals surface area contributed by atoms with Gasteiger partial charge in [-0.2, -0.15) is 5.10 Å². The second-order valence-electron chi connectivity index (χ2n) is 5.55. The number of carbonyl (C=O) groups is 1. The highest BCUT2D eigenvalue weighted by atomic mass is 35.5. The zero-order valence-electron chi connectivity index (χ0n) is 12.2. The Labute approximate surface area is 142 Å². The second-order valence-corrected chi connectivity index (χ2v) is 7.01. The molecule has 116 valence electrons. The molecule has 3 aromatic rings. The van der Waals surface area contributed by atoms with E-state index in [-0.39, 0.29) is 11.8 Å². The molecule has 0 radical (unpaired) electrons. The van der Waals surface area contributed by atoms with Crippen LogP contribution in [0, 0.1) is 0 Å². The molecule has 0 bridgehead atoms. The van der Waals surface area contributed by atoms with Gasteiger partial charge in [0.2, 0.25) is 5.91 Å². The molecule has 0 aliphatic carbocycles. The molecular formula is C17H14ClN3OS. The Morgan fingerprint density at radius 2 is 2.26 bits per heavy atom. The van der Waals surface area contributed by atoms with Crippen molar-refractivity contribution in [1.29, 1.82) is 0 Å². The number of hydrogen-bond donors (Lipinski definition) is 1. The van der Waals surface area contributed by atoms with Crippen molar-refractivity contribution in [3.63, 3.8) is 0 Å². The molecule has 0 spiro atoms. The summed E-state index contributed by atoms with van der Waals surface area (Å²) in [5.41, 5.74) is 2.09. The van der Waals surface area contributed by atoms with Gasteiger partial charge in [-0.1, -0.05) is 29.8 Å². The van der Waals surface area contributed by atoms with Crippen LogP contribution in [-0.2, 0) is 11.3 Å². The Morgan fingerprint density at radius 1 is 1.35 bits per heavy atom. The quantitative estimate of drug-likeness (QED) is 0.777. The smallest absolute Gasteiger partial charge is 0.226 e. The summed E-state index contributed by atoms with van der Waals surface area (Å²) in [6, 6.07) is 11.8. The van der Waals surface area contributed by atoms with Gasteiger partial charge in [0, 0.05) is 27.8 Å². The first-order valence-electron chi connectivity index (χ1n) is 7.34. The third-order valence-electron chi connectivity index (χ3n) is 4.03. The first-order valence-corrected chi connectivity index (χ1v) is 8.60. The zero-order valence-corrected chi connectivity index (χ0v) is 13.8. The molecule has 4 nitrogen and oxygen atoms in total. The van der Waals surface area contributed by atoms with E-state index < -0.39 is 0 Å². The number of amides is 1. The van der Waals surface area contributed by atoms with E-state index in [1.54, 1.807) is 11.3 Å². The van der Waals surface area contributed by atoms with E-state index >= 15 is 0 Å². The molecule has 23 heavy (non-hydrogen) atoms.